The van der Waals surface area contributed by atoms with Crippen molar-refractivity contribution in [3.8, 4) is 0 Å². The van der Waals surface area contributed by atoms with Gasteiger partial charge in [-0.1, -0.05) is 20.8 Å². The summed E-state index contributed by atoms with van der Waals surface area (Å²) in [6, 6.07) is 0. The molecule has 4 nitrogen and oxygen atoms in total. The molecule has 1 amide bonds. The van der Waals surface area contributed by atoms with Crippen molar-refractivity contribution >= 4 is 15.6 Å². The lowest BCUT2D eigenvalue weighted by atomic mass is 9.96. The van der Waals surface area contributed by atoms with Gasteiger partial charge in [0.25, 0.3) is 5.91 Å². The molecule has 0 radical (unpaired) electrons. The molecule has 0 heterocycles. The van der Waals surface area contributed by atoms with Crippen LogP contribution in [-0.2, 0) is 14.5 Å². The molecule has 1 atom stereocenters. The summed E-state index contributed by atoms with van der Waals surface area (Å²) < 4.78 is 15.4. The van der Waals surface area contributed by atoms with Crippen LogP contribution in [0.25, 0.3) is 0 Å². The molecule has 0 fully saturated rings. The molecule has 1 N–H and O–H groups in total. The lowest BCUT2D eigenvalue weighted by Gasteiger charge is -2.13. The smallest absolute Gasteiger partial charge is 0.259 e. The number of rotatable bonds is 3. The third-order valence-corrected chi connectivity index (χ3v) is 3.20. The Balaban J connectivity index is 4.65. The monoisotopic (exact) mass is 221 g/mol. The molecule has 0 aromatic heterocycles. The summed E-state index contributed by atoms with van der Waals surface area (Å²) in [5.74, 6) is -0.0753. The van der Waals surface area contributed by atoms with E-state index in [0.717, 1.165) is 0 Å². The summed E-state index contributed by atoms with van der Waals surface area (Å²) >= 11 is 0. The minimum absolute atomic E-state index is 0.0238. The Morgan fingerprint density at radius 1 is 1.43 bits per heavy atom. The normalized spacial score (nSPS) is 16.1. The van der Waals surface area contributed by atoms with E-state index in [1.54, 1.807) is 20.8 Å². The Morgan fingerprint density at radius 3 is 2.29 bits per heavy atom. The van der Waals surface area contributed by atoms with Crippen LogP contribution in [-0.4, -0.2) is 33.8 Å². The molecular weight excluding hydrogens is 202 g/mol. The SMILES string of the molecule is CC(C)(C)C(=O)N=S(C)(=O)CCCO. The minimum atomic E-state index is -2.46. The maximum absolute atomic E-state index is 11.7. The van der Waals surface area contributed by atoms with E-state index < -0.39 is 15.1 Å². The molecule has 0 aromatic rings. The standard InChI is InChI=1S/C9H19NO3S/c1-9(2,3)8(12)10-14(4,13)7-5-6-11/h11H,5-7H2,1-4H3. The molecule has 0 aromatic carbocycles. The first-order chi connectivity index (χ1) is 6.19. The van der Waals surface area contributed by atoms with E-state index >= 15 is 0 Å². The zero-order valence-corrected chi connectivity index (χ0v) is 10.1. The van der Waals surface area contributed by atoms with Crippen molar-refractivity contribution in [3.63, 3.8) is 0 Å². The predicted octanol–water partition coefficient (Wildman–Crippen LogP) is 1.04. The lowest BCUT2D eigenvalue weighted by molar-refractivity contribution is -0.124. The predicted molar refractivity (Wildman–Crippen MR) is 57.5 cm³/mol. The molecule has 14 heavy (non-hydrogen) atoms. The van der Waals surface area contributed by atoms with Gasteiger partial charge in [0.05, 0.1) is 9.73 Å². The van der Waals surface area contributed by atoms with Crippen LogP contribution < -0.4 is 0 Å². The first-order valence-electron chi connectivity index (χ1n) is 4.54. The maximum Gasteiger partial charge on any atom is 0.259 e. The molecule has 0 bridgehead atoms. The van der Waals surface area contributed by atoms with E-state index in [4.69, 9.17) is 5.11 Å². The Hall–Kier alpha value is -0.420. The number of hydrogen-bond donors (Lipinski definition) is 1. The Kier molecular flexibility index (Phi) is 4.74. The topological polar surface area (TPSA) is 66.7 Å². The minimum Gasteiger partial charge on any atom is -0.396 e. The van der Waals surface area contributed by atoms with Gasteiger partial charge in [0.1, 0.15) is 0 Å². The zero-order chi connectivity index (χ0) is 11.4. The number of carbonyl (C=O) groups is 1. The highest BCUT2D eigenvalue weighted by Crippen LogP contribution is 2.16. The average molecular weight is 221 g/mol. The molecule has 0 spiro atoms. The van der Waals surface area contributed by atoms with Gasteiger partial charge in [-0.05, 0) is 6.42 Å². The largest absolute Gasteiger partial charge is 0.396 e. The van der Waals surface area contributed by atoms with Crippen LogP contribution >= 0.6 is 0 Å². The Labute approximate surface area is 85.9 Å². The Bertz CT molecular complexity index is 309. The molecular formula is C9H19NO3S. The summed E-state index contributed by atoms with van der Waals surface area (Å²) in [5, 5.41) is 8.57. The molecule has 0 aliphatic carbocycles. The second-order valence-electron chi connectivity index (χ2n) is 4.39. The molecule has 1 unspecified atom stereocenters. The third-order valence-electron chi connectivity index (χ3n) is 1.60. The van der Waals surface area contributed by atoms with E-state index in [-0.39, 0.29) is 18.3 Å². The van der Waals surface area contributed by atoms with Gasteiger partial charge in [0.2, 0.25) is 0 Å². The summed E-state index contributed by atoms with van der Waals surface area (Å²) in [7, 11) is -2.46. The van der Waals surface area contributed by atoms with Gasteiger partial charge in [0, 0.05) is 24.0 Å². The van der Waals surface area contributed by atoms with Gasteiger partial charge in [-0.3, -0.25) is 4.79 Å². The molecule has 5 heteroatoms. The molecule has 0 saturated heterocycles. The summed E-state index contributed by atoms with van der Waals surface area (Å²) in [6.45, 7) is 5.19. The summed E-state index contributed by atoms with van der Waals surface area (Å²) in [4.78, 5) is 11.4. The lowest BCUT2D eigenvalue weighted by Crippen LogP contribution is -2.20. The highest BCUT2D eigenvalue weighted by molar-refractivity contribution is 7.93. The summed E-state index contributed by atoms with van der Waals surface area (Å²) in [6.07, 6.45) is 1.86. The van der Waals surface area contributed by atoms with Gasteiger partial charge < -0.3 is 5.11 Å². The van der Waals surface area contributed by atoms with E-state index in [9.17, 15) is 9.00 Å². The first-order valence-corrected chi connectivity index (χ1v) is 6.63. The molecule has 0 aliphatic heterocycles. The first kappa shape index (κ1) is 13.6. The van der Waals surface area contributed by atoms with Crippen molar-refractivity contribution in [2.24, 2.45) is 9.78 Å². The number of aliphatic hydroxyl groups excluding tert-OH is 1. The molecule has 84 valence electrons. The van der Waals surface area contributed by atoms with Crippen LogP contribution in [0.2, 0.25) is 0 Å². The third kappa shape index (κ3) is 5.34. The number of aliphatic hydroxyl groups is 1. The highest BCUT2D eigenvalue weighted by Gasteiger charge is 2.22. The van der Waals surface area contributed by atoms with Gasteiger partial charge >= 0.3 is 0 Å². The number of carbonyl (C=O) groups excluding carboxylic acids is 1. The fraction of sp³-hybridized carbons (Fsp3) is 0.889. The van der Waals surface area contributed by atoms with Crippen LogP contribution in [0.4, 0.5) is 0 Å². The van der Waals surface area contributed by atoms with E-state index in [1.807, 2.05) is 0 Å². The van der Waals surface area contributed by atoms with Gasteiger partial charge in [-0.2, -0.15) is 4.36 Å². The quantitative estimate of drug-likeness (QED) is 0.774. The average Bonchev–Trinajstić information content (AvgIpc) is 1.98. The molecule has 0 aliphatic rings. The van der Waals surface area contributed by atoms with Gasteiger partial charge in [-0.15, -0.1) is 0 Å². The number of nitrogens with zero attached hydrogens (tertiary/aromatic N) is 1. The van der Waals surface area contributed by atoms with Crippen molar-refractivity contribution in [3.05, 3.63) is 0 Å². The fourth-order valence-corrected chi connectivity index (χ4v) is 2.07. The second kappa shape index (κ2) is 4.89. The van der Waals surface area contributed by atoms with Crippen molar-refractivity contribution in [1.29, 1.82) is 0 Å². The van der Waals surface area contributed by atoms with E-state index in [2.05, 4.69) is 4.36 Å². The van der Waals surface area contributed by atoms with Crippen LogP contribution in [0.1, 0.15) is 27.2 Å². The zero-order valence-electron chi connectivity index (χ0n) is 9.24. The highest BCUT2D eigenvalue weighted by atomic mass is 32.2. The van der Waals surface area contributed by atoms with Crippen molar-refractivity contribution in [1.82, 2.24) is 0 Å². The van der Waals surface area contributed by atoms with Crippen LogP contribution in [0.15, 0.2) is 4.36 Å². The van der Waals surface area contributed by atoms with Crippen LogP contribution in [0.3, 0.4) is 0 Å². The summed E-state index contributed by atoms with van der Waals surface area (Å²) in [5.41, 5.74) is -0.585. The second-order valence-corrected chi connectivity index (χ2v) is 6.90. The van der Waals surface area contributed by atoms with Crippen molar-refractivity contribution in [2.75, 3.05) is 18.6 Å². The van der Waals surface area contributed by atoms with Gasteiger partial charge in [-0.25, -0.2) is 4.21 Å². The van der Waals surface area contributed by atoms with Crippen LogP contribution in [0, 0.1) is 5.41 Å². The van der Waals surface area contributed by atoms with E-state index in [0.29, 0.717) is 6.42 Å². The van der Waals surface area contributed by atoms with Gasteiger partial charge in [0.15, 0.2) is 0 Å². The van der Waals surface area contributed by atoms with Crippen LogP contribution in [0.5, 0.6) is 0 Å². The fourth-order valence-electron chi connectivity index (χ4n) is 0.690. The Morgan fingerprint density at radius 2 is 1.93 bits per heavy atom. The maximum atomic E-state index is 11.7. The van der Waals surface area contributed by atoms with E-state index in [1.165, 1.54) is 6.26 Å². The number of amides is 1. The number of hydrogen-bond acceptors (Lipinski definition) is 3. The molecule has 0 saturated carbocycles. The molecule has 0 rings (SSSR count). The van der Waals surface area contributed by atoms with Crippen molar-refractivity contribution in [2.45, 2.75) is 27.2 Å². The van der Waals surface area contributed by atoms with Crippen molar-refractivity contribution < 1.29 is 14.1 Å².